The van der Waals surface area contributed by atoms with Crippen molar-refractivity contribution >= 4 is 5.91 Å². The first-order chi connectivity index (χ1) is 8.65. The van der Waals surface area contributed by atoms with Crippen molar-refractivity contribution in [3.05, 3.63) is 18.0 Å². The minimum Gasteiger partial charge on any atom is -0.352 e. The van der Waals surface area contributed by atoms with E-state index < -0.39 is 0 Å². The molecule has 2 rings (SSSR count). The summed E-state index contributed by atoms with van der Waals surface area (Å²) in [4.78, 5) is 11.9. The van der Waals surface area contributed by atoms with Gasteiger partial charge in [-0.1, -0.05) is 12.8 Å². The van der Waals surface area contributed by atoms with Gasteiger partial charge in [0.05, 0.1) is 11.7 Å². The Balaban J connectivity index is 1.73. The number of nitrogens with one attached hydrogen (secondary N) is 2. The number of aromatic nitrogens is 2. The van der Waals surface area contributed by atoms with Crippen molar-refractivity contribution in [3.8, 4) is 0 Å². The van der Waals surface area contributed by atoms with Crippen LogP contribution in [0.2, 0.25) is 0 Å². The Hall–Kier alpha value is -1.36. The highest BCUT2D eigenvalue weighted by Gasteiger charge is 2.20. The van der Waals surface area contributed by atoms with Gasteiger partial charge in [0.15, 0.2) is 0 Å². The molecule has 1 aromatic heterocycles. The predicted molar refractivity (Wildman–Crippen MR) is 69.9 cm³/mol. The molecule has 0 bridgehead atoms. The van der Waals surface area contributed by atoms with E-state index >= 15 is 0 Å². The lowest BCUT2D eigenvalue weighted by molar-refractivity contribution is -0.123. The number of carbonyl (C=O) groups is 1. The van der Waals surface area contributed by atoms with Crippen LogP contribution in [0.5, 0.6) is 0 Å². The molecule has 100 valence electrons. The van der Waals surface area contributed by atoms with Gasteiger partial charge < -0.3 is 10.6 Å². The van der Waals surface area contributed by atoms with Gasteiger partial charge in [0.1, 0.15) is 0 Å². The maximum absolute atomic E-state index is 11.9. The summed E-state index contributed by atoms with van der Waals surface area (Å²) in [6, 6.07) is 2.17. The predicted octanol–water partition coefficient (Wildman–Crippen LogP) is 0.957. The lowest BCUT2D eigenvalue weighted by Gasteiger charge is -2.17. The van der Waals surface area contributed by atoms with E-state index in [4.69, 9.17) is 0 Å². The van der Waals surface area contributed by atoms with Crippen LogP contribution in [0.4, 0.5) is 0 Å². The molecule has 1 amide bonds. The number of aryl methyl sites for hydroxylation is 1. The van der Waals surface area contributed by atoms with E-state index in [0.29, 0.717) is 12.6 Å². The van der Waals surface area contributed by atoms with Crippen molar-refractivity contribution in [1.29, 1.82) is 0 Å². The van der Waals surface area contributed by atoms with Gasteiger partial charge in [-0.25, -0.2) is 0 Å². The average molecular weight is 250 g/mol. The van der Waals surface area contributed by atoms with E-state index in [-0.39, 0.29) is 11.9 Å². The van der Waals surface area contributed by atoms with E-state index in [1.54, 1.807) is 4.68 Å². The summed E-state index contributed by atoms with van der Waals surface area (Å²) in [6.07, 6.45) is 6.62. The molecule has 1 atom stereocenters. The monoisotopic (exact) mass is 250 g/mol. The fourth-order valence-corrected chi connectivity index (χ4v) is 2.30. The fraction of sp³-hybridized carbons (Fsp3) is 0.692. The number of rotatable bonds is 5. The Bertz CT molecular complexity index is 395. The van der Waals surface area contributed by atoms with Crippen molar-refractivity contribution < 1.29 is 4.79 Å². The first-order valence-corrected chi connectivity index (χ1v) is 6.67. The zero-order valence-corrected chi connectivity index (χ0v) is 11.1. The number of hydrogen-bond donors (Lipinski definition) is 2. The Labute approximate surface area is 108 Å². The van der Waals surface area contributed by atoms with Crippen LogP contribution in [0.1, 0.15) is 38.3 Å². The number of nitrogens with zero attached hydrogens (tertiary/aromatic N) is 2. The summed E-state index contributed by atoms with van der Waals surface area (Å²) in [5, 5.41) is 10.6. The van der Waals surface area contributed by atoms with E-state index in [2.05, 4.69) is 15.7 Å². The quantitative estimate of drug-likeness (QED) is 0.818. The van der Waals surface area contributed by atoms with Gasteiger partial charge >= 0.3 is 0 Å². The smallest absolute Gasteiger partial charge is 0.237 e. The highest BCUT2D eigenvalue weighted by atomic mass is 16.2. The molecule has 0 aromatic carbocycles. The molecule has 1 heterocycles. The largest absolute Gasteiger partial charge is 0.352 e. The van der Waals surface area contributed by atoms with Crippen LogP contribution in [0.3, 0.4) is 0 Å². The summed E-state index contributed by atoms with van der Waals surface area (Å²) < 4.78 is 1.76. The standard InChI is InChI=1S/C13H22N4O/c1-10(13(18)15-11-5-3-4-6-11)14-9-12-7-8-17(2)16-12/h7-8,10-11,14H,3-6,9H2,1-2H3,(H,15,18). The van der Waals surface area contributed by atoms with Gasteiger partial charge in [0.2, 0.25) is 5.91 Å². The molecule has 0 aliphatic heterocycles. The SMILES string of the molecule is CC(NCc1ccn(C)n1)C(=O)NC1CCCC1. The Morgan fingerprint density at radius 2 is 2.28 bits per heavy atom. The van der Waals surface area contributed by atoms with E-state index in [1.165, 1.54) is 12.8 Å². The molecule has 5 nitrogen and oxygen atoms in total. The number of amides is 1. The Morgan fingerprint density at radius 3 is 2.89 bits per heavy atom. The molecule has 1 aromatic rings. The third-order valence-electron chi connectivity index (χ3n) is 3.45. The summed E-state index contributed by atoms with van der Waals surface area (Å²) >= 11 is 0. The van der Waals surface area contributed by atoms with E-state index in [1.807, 2.05) is 26.2 Å². The molecule has 5 heteroatoms. The normalized spacial score (nSPS) is 17.9. The molecule has 1 saturated carbocycles. The first kappa shape index (κ1) is 13.1. The highest BCUT2D eigenvalue weighted by molar-refractivity contribution is 5.81. The van der Waals surface area contributed by atoms with E-state index in [9.17, 15) is 4.79 Å². The maximum atomic E-state index is 11.9. The summed E-state index contributed by atoms with van der Waals surface area (Å²) in [6.45, 7) is 2.52. The highest BCUT2D eigenvalue weighted by Crippen LogP contribution is 2.17. The van der Waals surface area contributed by atoms with Crippen LogP contribution in [0, 0.1) is 0 Å². The molecule has 2 N–H and O–H groups in total. The molecule has 0 saturated heterocycles. The topological polar surface area (TPSA) is 59.0 Å². The molecular weight excluding hydrogens is 228 g/mol. The maximum Gasteiger partial charge on any atom is 0.237 e. The number of carbonyl (C=O) groups excluding carboxylic acids is 1. The summed E-state index contributed by atoms with van der Waals surface area (Å²) in [7, 11) is 1.89. The summed E-state index contributed by atoms with van der Waals surface area (Å²) in [5.41, 5.74) is 0.956. The first-order valence-electron chi connectivity index (χ1n) is 6.67. The third-order valence-corrected chi connectivity index (χ3v) is 3.45. The minimum absolute atomic E-state index is 0.0952. The van der Waals surface area contributed by atoms with Gasteiger partial charge in [0.25, 0.3) is 0 Å². The molecule has 1 aliphatic carbocycles. The average Bonchev–Trinajstić information content (AvgIpc) is 2.97. The molecule has 0 radical (unpaired) electrons. The van der Waals surface area contributed by atoms with Crippen LogP contribution in [-0.2, 0) is 18.4 Å². The van der Waals surface area contributed by atoms with Gasteiger partial charge in [-0.3, -0.25) is 9.48 Å². The van der Waals surface area contributed by atoms with Crippen molar-refractivity contribution in [2.75, 3.05) is 0 Å². The number of hydrogen-bond acceptors (Lipinski definition) is 3. The van der Waals surface area contributed by atoms with Crippen molar-refractivity contribution in [3.63, 3.8) is 0 Å². The molecule has 0 spiro atoms. The lowest BCUT2D eigenvalue weighted by Crippen LogP contribution is -2.45. The second-order valence-corrected chi connectivity index (χ2v) is 5.07. The molecular formula is C13H22N4O. The Kier molecular flexibility index (Phi) is 4.36. The van der Waals surface area contributed by atoms with Gasteiger partial charge in [-0.05, 0) is 25.8 Å². The molecule has 1 unspecified atom stereocenters. The Morgan fingerprint density at radius 1 is 1.56 bits per heavy atom. The van der Waals surface area contributed by atoms with E-state index in [0.717, 1.165) is 18.5 Å². The van der Waals surface area contributed by atoms with Crippen molar-refractivity contribution in [2.45, 2.75) is 51.2 Å². The van der Waals surface area contributed by atoms with Crippen LogP contribution < -0.4 is 10.6 Å². The van der Waals surface area contributed by atoms with Crippen molar-refractivity contribution in [1.82, 2.24) is 20.4 Å². The molecule has 18 heavy (non-hydrogen) atoms. The summed E-state index contributed by atoms with van der Waals surface area (Å²) in [5.74, 6) is 0.0952. The van der Waals surface area contributed by atoms with Crippen molar-refractivity contribution in [2.24, 2.45) is 7.05 Å². The lowest BCUT2D eigenvalue weighted by atomic mass is 10.2. The third kappa shape index (κ3) is 3.57. The second-order valence-electron chi connectivity index (χ2n) is 5.07. The van der Waals surface area contributed by atoms with Gasteiger partial charge in [-0.2, -0.15) is 5.10 Å². The second kappa shape index (κ2) is 6.00. The fourth-order valence-electron chi connectivity index (χ4n) is 2.30. The van der Waals surface area contributed by atoms with Crippen LogP contribution in [-0.4, -0.2) is 27.8 Å². The van der Waals surface area contributed by atoms with Crippen LogP contribution in [0.15, 0.2) is 12.3 Å². The van der Waals surface area contributed by atoms with Crippen LogP contribution >= 0.6 is 0 Å². The van der Waals surface area contributed by atoms with Gasteiger partial charge in [0, 0.05) is 25.8 Å². The molecule has 1 fully saturated rings. The minimum atomic E-state index is -0.174. The zero-order chi connectivity index (χ0) is 13.0. The van der Waals surface area contributed by atoms with Gasteiger partial charge in [-0.15, -0.1) is 0 Å². The molecule has 1 aliphatic rings. The zero-order valence-electron chi connectivity index (χ0n) is 11.1. The van der Waals surface area contributed by atoms with Crippen LogP contribution in [0.25, 0.3) is 0 Å².